The number of aryl methyl sites for hydroxylation is 1. The Hall–Kier alpha value is -1.17. The summed E-state index contributed by atoms with van der Waals surface area (Å²) in [5.74, 6) is 0.706. The zero-order valence-corrected chi connectivity index (χ0v) is 12.7. The summed E-state index contributed by atoms with van der Waals surface area (Å²) in [6.07, 6.45) is 1.49. The van der Waals surface area contributed by atoms with Gasteiger partial charge in [-0.3, -0.25) is 4.98 Å². The quantitative estimate of drug-likeness (QED) is 0.639. The number of rotatable bonds is 10. The number of nitrogens with one attached hydrogen (secondary N) is 1. The van der Waals surface area contributed by atoms with Gasteiger partial charge in [0.25, 0.3) is 0 Å². The van der Waals surface area contributed by atoms with Gasteiger partial charge in [0, 0.05) is 18.8 Å². The number of ether oxygens (including phenoxy) is 2. The Morgan fingerprint density at radius 3 is 2.85 bits per heavy atom. The molecule has 5 nitrogen and oxygen atoms in total. The Morgan fingerprint density at radius 1 is 1.35 bits per heavy atom. The van der Waals surface area contributed by atoms with E-state index in [0.717, 1.165) is 24.2 Å². The summed E-state index contributed by atoms with van der Waals surface area (Å²) in [4.78, 5) is 4.43. The van der Waals surface area contributed by atoms with Crippen molar-refractivity contribution in [3.63, 3.8) is 0 Å². The fourth-order valence-electron chi connectivity index (χ4n) is 1.72. The molecule has 2 N–H and O–H groups in total. The van der Waals surface area contributed by atoms with E-state index in [1.54, 1.807) is 0 Å². The van der Waals surface area contributed by atoms with Gasteiger partial charge in [0.2, 0.25) is 0 Å². The molecular weight excluding hydrogens is 256 g/mol. The van der Waals surface area contributed by atoms with Crippen molar-refractivity contribution in [2.75, 3.05) is 26.9 Å². The number of pyridine rings is 1. The molecule has 0 aliphatic heterocycles. The summed E-state index contributed by atoms with van der Waals surface area (Å²) >= 11 is 0. The van der Waals surface area contributed by atoms with Gasteiger partial charge >= 0.3 is 0 Å². The van der Waals surface area contributed by atoms with Crippen LogP contribution in [0.4, 0.5) is 0 Å². The first-order chi connectivity index (χ1) is 9.67. The third kappa shape index (κ3) is 6.32. The highest BCUT2D eigenvalue weighted by Gasteiger charge is 2.09. The Kier molecular flexibility index (Phi) is 8.18. The molecule has 1 rings (SSSR count). The molecule has 20 heavy (non-hydrogen) atoms. The molecule has 1 unspecified atom stereocenters. The maximum Gasteiger partial charge on any atom is 0.142 e. The first kappa shape index (κ1) is 16.9. The number of aliphatic hydroxyl groups is 1. The van der Waals surface area contributed by atoms with Crippen molar-refractivity contribution in [3.05, 3.63) is 23.5 Å². The molecule has 0 aliphatic carbocycles. The molecule has 0 fully saturated rings. The van der Waals surface area contributed by atoms with Gasteiger partial charge in [0.05, 0.1) is 12.3 Å². The van der Waals surface area contributed by atoms with E-state index < -0.39 is 6.10 Å². The minimum atomic E-state index is -0.615. The fraction of sp³-hybridized carbons (Fsp3) is 0.667. The standard InChI is InChI=1S/C15H26N2O3/c1-4-5-8-19-10-13(18)11-20-15-7-6-12(2)17-14(15)9-16-3/h6-7,13,16,18H,4-5,8-11H2,1-3H3. The van der Waals surface area contributed by atoms with Crippen LogP contribution in [0.25, 0.3) is 0 Å². The van der Waals surface area contributed by atoms with Crippen molar-refractivity contribution < 1.29 is 14.6 Å². The van der Waals surface area contributed by atoms with Crippen LogP contribution in [0.5, 0.6) is 5.75 Å². The topological polar surface area (TPSA) is 63.6 Å². The average Bonchev–Trinajstić information content (AvgIpc) is 2.43. The molecule has 5 heteroatoms. The number of nitrogens with zero attached hydrogens (tertiary/aromatic N) is 1. The number of hydrogen-bond acceptors (Lipinski definition) is 5. The van der Waals surface area contributed by atoms with Crippen molar-refractivity contribution in [1.29, 1.82) is 0 Å². The second-order valence-corrected chi connectivity index (χ2v) is 4.82. The normalized spacial score (nSPS) is 12.4. The lowest BCUT2D eigenvalue weighted by Gasteiger charge is -2.15. The van der Waals surface area contributed by atoms with Crippen LogP contribution in [0.1, 0.15) is 31.2 Å². The summed E-state index contributed by atoms with van der Waals surface area (Å²) in [6.45, 7) is 5.90. The second-order valence-electron chi connectivity index (χ2n) is 4.82. The van der Waals surface area contributed by atoms with E-state index >= 15 is 0 Å². The molecule has 0 aromatic carbocycles. The van der Waals surface area contributed by atoms with E-state index in [2.05, 4.69) is 17.2 Å². The molecule has 1 aromatic heterocycles. The van der Waals surface area contributed by atoms with E-state index in [9.17, 15) is 5.11 Å². The molecule has 0 amide bonds. The molecule has 1 atom stereocenters. The van der Waals surface area contributed by atoms with E-state index in [0.29, 0.717) is 25.5 Å². The van der Waals surface area contributed by atoms with Gasteiger partial charge < -0.3 is 19.9 Å². The number of aromatic nitrogens is 1. The van der Waals surface area contributed by atoms with Crippen LogP contribution in [0.3, 0.4) is 0 Å². The minimum Gasteiger partial charge on any atom is -0.489 e. The van der Waals surface area contributed by atoms with Crippen LogP contribution >= 0.6 is 0 Å². The molecule has 0 bridgehead atoms. The van der Waals surface area contributed by atoms with Gasteiger partial charge in [-0.15, -0.1) is 0 Å². The van der Waals surface area contributed by atoms with Crippen molar-refractivity contribution in [2.24, 2.45) is 0 Å². The summed E-state index contributed by atoms with van der Waals surface area (Å²) < 4.78 is 11.0. The van der Waals surface area contributed by atoms with Crippen molar-refractivity contribution in [1.82, 2.24) is 10.3 Å². The molecular formula is C15H26N2O3. The molecule has 1 heterocycles. The molecule has 0 saturated carbocycles. The third-order valence-electron chi connectivity index (χ3n) is 2.80. The summed E-state index contributed by atoms with van der Waals surface area (Å²) in [7, 11) is 1.87. The molecule has 0 spiro atoms. The predicted octanol–water partition coefficient (Wildman–Crippen LogP) is 1.67. The maximum absolute atomic E-state index is 9.80. The van der Waals surface area contributed by atoms with Gasteiger partial charge in [0.1, 0.15) is 18.5 Å². The maximum atomic E-state index is 9.80. The Morgan fingerprint density at radius 2 is 2.15 bits per heavy atom. The van der Waals surface area contributed by atoms with E-state index in [-0.39, 0.29) is 6.61 Å². The molecule has 0 saturated heterocycles. The SMILES string of the molecule is CCCCOCC(O)COc1ccc(C)nc1CNC. The lowest BCUT2D eigenvalue weighted by Crippen LogP contribution is -2.24. The molecule has 0 radical (unpaired) electrons. The second kappa shape index (κ2) is 9.69. The van der Waals surface area contributed by atoms with Crippen molar-refractivity contribution in [3.8, 4) is 5.75 Å². The van der Waals surface area contributed by atoms with Crippen LogP contribution < -0.4 is 10.1 Å². The average molecular weight is 282 g/mol. The summed E-state index contributed by atoms with van der Waals surface area (Å²) in [5.41, 5.74) is 1.80. The summed E-state index contributed by atoms with van der Waals surface area (Å²) in [6, 6.07) is 3.79. The Balaban J connectivity index is 2.40. The third-order valence-corrected chi connectivity index (χ3v) is 2.80. The van der Waals surface area contributed by atoms with E-state index in [4.69, 9.17) is 9.47 Å². The van der Waals surface area contributed by atoms with Crippen molar-refractivity contribution >= 4 is 0 Å². The van der Waals surface area contributed by atoms with E-state index in [1.807, 2.05) is 26.1 Å². The van der Waals surface area contributed by atoms with Crippen LogP contribution in [-0.4, -0.2) is 43.1 Å². The monoisotopic (exact) mass is 282 g/mol. The van der Waals surface area contributed by atoms with E-state index in [1.165, 1.54) is 0 Å². The zero-order chi connectivity index (χ0) is 14.8. The molecule has 114 valence electrons. The zero-order valence-electron chi connectivity index (χ0n) is 12.7. The van der Waals surface area contributed by atoms with Gasteiger partial charge in [-0.05, 0) is 32.5 Å². The van der Waals surface area contributed by atoms with Crippen LogP contribution in [0.15, 0.2) is 12.1 Å². The Bertz CT molecular complexity index is 385. The highest BCUT2D eigenvalue weighted by Crippen LogP contribution is 2.17. The van der Waals surface area contributed by atoms with Crippen LogP contribution in [0, 0.1) is 6.92 Å². The lowest BCUT2D eigenvalue weighted by molar-refractivity contribution is 0.0110. The first-order valence-electron chi connectivity index (χ1n) is 7.17. The Labute approximate surface area is 121 Å². The smallest absolute Gasteiger partial charge is 0.142 e. The van der Waals surface area contributed by atoms with Gasteiger partial charge in [-0.25, -0.2) is 0 Å². The summed E-state index contributed by atoms with van der Waals surface area (Å²) in [5, 5.41) is 12.9. The van der Waals surface area contributed by atoms with Crippen molar-refractivity contribution in [2.45, 2.75) is 39.3 Å². The minimum absolute atomic E-state index is 0.216. The van der Waals surface area contributed by atoms with Gasteiger partial charge in [0.15, 0.2) is 0 Å². The van der Waals surface area contributed by atoms with Crippen LogP contribution in [-0.2, 0) is 11.3 Å². The number of hydrogen-bond donors (Lipinski definition) is 2. The lowest BCUT2D eigenvalue weighted by atomic mass is 10.3. The van der Waals surface area contributed by atoms with Gasteiger partial charge in [-0.2, -0.15) is 0 Å². The highest BCUT2D eigenvalue weighted by atomic mass is 16.5. The predicted molar refractivity (Wildman–Crippen MR) is 79.0 cm³/mol. The van der Waals surface area contributed by atoms with Gasteiger partial charge in [-0.1, -0.05) is 13.3 Å². The first-order valence-corrected chi connectivity index (χ1v) is 7.17. The largest absolute Gasteiger partial charge is 0.489 e. The molecule has 0 aliphatic rings. The number of aliphatic hydroxyl groups excluding tert-OH is 1. The number of unbranched alkanes of at least 4 members (excludes halogenated alkanes) is 1. The van der Waals surface area contributed by atoms with Crippen LogP contribution in [0.2, 0.25) is 0 Å². The molecule has 1 aromatic rings. The fourth-order valence-corrected chi connectivity index (χ4v) is 1.72. The highest BCUT2D eigenvalue weighted by molar-refractivity contribution is 5.29.